The van der Waals surface area contributed by atoms with Gasteiger partial charge in [-0.05, 0) is 24.3 Å². The van der Waals surface area contributed by atoms with Crippen molar-refractivity contribution < 1.29 is 4.42 Å². The zero-order chi connectivity index (χ0) is 13.9. The molecule has 0 atom stereocenters. The van der Waals surface area contributed by atoms with Crippen LogP contribution in [0.15, 0.2) is 58.4 Å². The Kier molecular flexibility index (Phi) is 3.26. The van der Waals surface area contributed by atoms with Crippen LogP contribution in [0, 0.1) is 0 Å². The van der Waals surface area contributed by atoms with Gasteiger partial charge in [0.25, 0.3) is 0 Å². The van der Waals surface area contributed by atoms with Gasteiger partial charge in [0.1, 0.15) is 5.76 Å². The van der Waals surface area contributed by atoms with E-state index in [0.29, 0.717) is 16.7 Å². The SMILES string of the molecule is Nc1ncc(-c2ccc(Cl)cc2)n1N=Cc1ccco1. The largest absolute Gasteiger partial charge is 0.463 e. The molecule has 100 valence electrons. The Labute approximate surface area is 120 Å². The average molecular weight is 287 g/mol. The third-order valence-electron chi connectivity index (χ3n) is 2.75. The lowest BCUT2D eigenvalue weighted by atomic mass is 10.2. The number of halogens is 1. The molecule has 1 aromatic carbocycles. The zero-order valence-corrected chi connectivity index (χ0v) is 11.2. The topological polar surface area (TPSA) is 69.3 Å². The number of imidazole rings is 1. The number of nitrogens with two attached hydrogens (primary N) is 1. The Balaban J connectivity index is 1.99. The lowest BCUT2D eigenvalue weighted by molar-refractivity contribution is 0.559. The minimum Gasteiger partial charge on any atom is -0.463 e. The molecule has 2 heterocycles. The van der Waals surface area contributed by atoms with E-state index >= 15 is 0 Å². The van der Waals surface area contributed by atoms with Gasteiger partial charge in [-0.1, -0.05) is 23.7 Å². The summed E-state index contributed by atoms with van der Waals surface area (Å²) in [4.78, 5) is 4.08. The molecule has 0 aliphatic heterocycles. The number of nitrogens with zero attached hydrogens (tertiary/aromatic N) is 3. The van der Waals surface area contributed by atoms with E-state index in [9.17, 15) is 0 Å². The highest BCUT2D eigenvalue weighted by Gasteiger charge is 2.08. The second kappa shape index (κ2) is 5.22. The summed E-state index contributed by atoms with van der Waals surface area (Å²) in [6.07, 6.45) is 4.83. The molecule has 3 aromatic rings. The van der Waals surface area contributed by atoms with Crippen LogP contribution in [0.2, 0.25) is 5.02 Å². The highest BCUT2D eigenvalue weighted by atomic mass is 35.5. The molecule has 0 saturated carbocycles. The van der Waals surface area contributed by atoms with Gasteiger partial charge in [-0.2, -0.15) is 9.78 Å². The molecule has 20 heavy (non-hydrogen) atoms. The van der Waals surface area contributed by atoms with Crippen molar-refractivity contribution in [2.45, 2.75) is 0 Å². The molecule has 0 saturated heterocycles. The zero-order valence-electron chi connectivity index (χ0n) is 10.4. The Hall–Kier alpha value is -2.53. The van der Waals surface area contributed by atoms with E-state index in [2.05, 4.69) is 10.1 Å². The fourth-order valence-corrected chi connectivity index (χ4v) is 1.90. The number of nitrogen functional groups attached to an aromatic ring is 1. The molecule has 3 rings (SSSR count). The van der Waals surface area contributed by atoms with Crippen molar-refractivity contribution in [2.75, 3.05) is 5.73 Å². The molecule has 2 N–H and O–H groups in total. The Morgan fingerprint density at radius 2 is 2.05 bits per heavy atom. The normalized spacial score (nSPS) is 11.2. The third kappa shape index (κ3) is 2.44. The molecule has 0 spiro atoms. The summed E-state index contributed by atoms with van der Waals surface area (Å²) in [5.74, 6) is 0.943. The highest BCUT2D eigenvalue weighted by molar-refractivity contribution is 6.30. The number of hydrogen-bond donors (Lipinski definition) is 1. The number of hydrogen-bond acceptors (Lipinski definition) is 4. The first-order valence-electron chi connectivity index (χ1n) is 5.91. The molecule has 0 bridgehead atoms. The number of furan rings is 1. The van der Waals surface area contributed by atoms with E-state index < -0.39 is 0 Å². The van der Waals surface area contributed by atoms with E-state index in [0.717, 1.165) is 11.3 Å². The van der Waals surface area contributed by atoms with Gasteiger partial charge < -0.3 is 10.2 Å². The summed E-state index contributed by atoms with van der Waals surface area (Å²) >= 11 is 5.88. The van der Waals surface area contributed by atoms with Gasteiger partial charge in [0.2, 0.25) is 5.95 Å². The van der Waals surface area contributed by atoms with Gasteiger partial charge in [0.15, 0.2) is 0 Å². The van der Waals surface area contributed by atoms with Crippen molar-refractivity contribution in [3.05, 3.63) is 59.6 Å². The van der Waals surface area contributed by atoms with Crippen LogP contribution in [0.25, 0.3) is 11.3 Å². The first-order chi connectivity index (χ1) is 9.74. The lowest BCUT2D eigenvalue weighted by Gasteiger charge is -2.03. The Morgan fingerprint density at radius 1 is 1.25 bits per heavy atom. The van der Waals surface area contributed by atoms with Crippen LogP contribution in [0.4, 0.5) is 5.95 Å². The molecule has 0 unspecified atom stereocenters. The van der Waals surface area contributed by atoms with Gasteiger partial charge in [-0.3, -0.25) is 0 Å². The van der Waals surface area contributed by atoms with Crippen molar-refractivity contribution >= 4 is 23.8 Å². The van der Waals surface area contributed by atoms with Crippen LogP contribution in [-0.2, 0) is 0 Å². The predicted octanol–water partition coefficient (Wildman–Crippen LogP) is 3.26. The molecular weight excluding hydrogens is 276 g/mol. The van der Waals surface area contributed by atoms with Crippen LogP contribution in [-0.4, -0.2) is 15.9 Å². The van der Waals surface area contributed by atoms with E-state index in [1.165, 1.54) is 0 Å². The van der Waals surface area contributed by atoms with Crippen LogP contribution in [0.1, 0.15) is 5.76 Å². The summed E-state index contributed by atoms with van der Waals surface area (Å²) in [6, 6.07) is 11.0. The van der Waals surface area contributed by atoms with E-state index in [1.54, 1.807) is 47.6 Å². The molecular formula is C14H11ClN4O. The molecule has 0 fully saturated rings. The number of rotatable bonds is 3. The fourth-order valence-electron chi connectivity index (χ4n) is 1.78. The molecule has 5 nitrogen and oxygen atoms in total. The van der Waals surface area contributed by atoms with Gasteiger partial charge in [-0.15, -0.1) is 0 Å². The lowest BCUT2D eigenvalue weighted by Crippen LogP contribution is -1.99. The van der Waals surface area contributed by atoms with Crippen molar-refractivity contribution in [1.29, 1.82) is 0 Å². The maximum atomic E-state index is 5.88. The first kappa shape index (κ1) is 12.5. The standard InChI is InChI=1S/C14H11ClN4O/c15-11-5-3-10(4-6-11)13-9-17-14(16)19(13)18-8-12-2-1-7-20-12/h1-9H,(H2,16,17). The smallest absolute Gasteiger partial charge is 0.221 e. The maximum Gasteiger partial charge on any atom is 0.221 e. The van der Waals surface area contributed by atoms with Gasteiger partial charge >= 0.3 is 0 Å². The van der Waals surface area contributed by atoms with Crippen LogP contribution in [0.3, 0.4) is 0 Å². The maximum absolute atomic E-state index is 5.88. The monoisotopic (exact) mass is 286 g/mol. The third-order valence-corrected chi connectivity index (χ3v) is 3.00. The van der Waals surface area contributed by atoms with Gasteiger partial charge in [-0.25, -0.2) is 4.98 Å². The molecule has 0 aliphatic rings. The number of aromatic nitrogens is 2. The van der Waals surface area contributed by atoms with Crippen molar-refractivity contribution in [1.82, 2.24) is 9.66 Å². The average Bonchev–Trinajstić information content (AvgIpc) is 3.07. The predicted molar refractivity (Wildman–Crippen MR) is 78.8 cm³/mol. The number of anilines is 1. The minimum absolute atomic E-state index is 0.303. The molecule has 2 aromatic heterocycles. The fraction of sp³-hybridized carbons (Fsp3) is 0. The van der Waals surface area contributed by atoms with E-state index in [4.69, 9.17) is 21.8 Å². The quantitative estimate of drug-likeness (QED) is 0.751. The molecule has 0 radical (unpaired) electrons. The van der Waals surface area contributed by atoms with E-state index in [1.807, 2.05) is 12.1 Å². The second-order valence-corrected chi connectivity index (χ2v) is 4.52. The minimum atomic E-state index is 0.303. The summed E-state index contributed by atoms with van der Waals surface area (Å²) in [6.45, 7) is 0. The molecule has 0 amide bonds. The number of benzene rings is 1. The summed E-state index contributed by atoms with van der Waals surface area (Å²) in [5, 5.41) is 4.96. The summed E-state index contributed by atoms with van der Waals surface area (Å²) in [5.41, 5.74) is 7.54. The summed E-state index contributed by atoms with van der Waals surface area (Å²) < 4.78 is 6.74. The van der Waals surface area contributed by atoms with Crippen molar-refractivity contribution in [3.8, 4) is 11.3 Å². The van der Waals surface area contributed by atoms with Crippen molar-refractivity contribution in [2.24, 2.45) is 5.10 Å². The van der Waals surface area contributed by atoms with Crippen LogP contribution < -0.4 is 5.73 Å². The summed E-state index contributed by atoms with van der Waals surface area (Å²) in [7, 11) is 0. The van der Waals surface area contributed by atoms with Gasteiger partial charge in [0, 0.05) is 10.6 Å². The molecule has 0 aliphatic carbocycles. The Morgan fingerprint density at radius 3 is 2.75 bits per heavy atom. The van der Waals surface area contributed by atoms with Gasteiger partial charge in [0.05, 0.1) is 24.4 Å². The Bertz CT molecular complexity index is 729. The first-order valence-corrected chi connectivity index (χ1v) is 6.29. The highest BCUT2D eigenvalue weighted by Crippen LogP contribution is 2.23. The van der Waals surface area contributed by atoms with E-state index in [-0.39, 0.29) is 0 Å². The van der Waals surface area contributed by atoms with Crippen molar-refractivity contribution in [3.63, 3.8) is 0 Å². The molecule has 6 heteroatoms. The second-order valence-electron chi connectivity index (χ2n) is 4.08. The van der Waals surface area contributed by atoms with Crippen LogP contribution >= 0.6 is 11.6 Å². The van der Waals surface area contributed by atoms with Crippen LogP contribution in [0.5, 0.6) is 0 Å².